The average Bonchev–Trinajstić information content (AvgIpc) is 2.12. The number of aliphatic hydroxyl groups is 1. The molecule has 0 aliphatic rings. The quantitative estimate of drug-likeness (QED) is 0.585. The van der Waals surface area contributed by atoms with Gasteiger partial charge in [-0.25, -0.2) is 0 Å². The highest BCUT2D eigenvalue weighted by Crippen LogP contribution is 2.07. The van der Waals surface area contributed by atoms with Crippen LogP contribution in [0.15, 0.2) is 11.6 Å². The summed E-state index contributed by atoms with van der Waals surface area (Å²) in [6.07, 6.45) is 2.12. The van der Waals surface area contributed by atoms with E-state index < -0.39 is 18.0 Å². The summed E-state index contributed by atoms with van der Waals surface area (Å²) in [6.45, 7) is 4.88. The third kappa shape index (κ3) is 6.19. The smallest absolute Gasteiger partial charge is 0.306 e. The van der Waals surface area contributed by atoms with Crippen LogP contribution in [0.4, 0.5) is 0 Å². The van der Waals surface area contributed by atoms with E-state index in [4.69, 9.17) is 5.11 Å². The minimum atomic E-state index is -1.42. The van der Waals surface area contributed by atoms with Gasteiger partial charge in [-0.1, -0.05) is 13.0 Å². The highest BCUT2D eigenvalue weighted by molar-refractivity contribution is 5.92. The van der Waals surface area contributed by atoms with E-state index in [0.717, 1.165) is 6.42 Å². The van der Waals surface area contributed by atoms with Crippen LogP contribution >= 0.6 is 0 Å². The number of carbonyl (C=O) groups excluding carboxylic acids is 1. The molecule has 5 heteroatoms. The van der Waals surface area contributed by atoms with Crippen molar-refractivity contribution < 1.29 is 19.8 Å². The van der Waals surface area contributed by atoms with Gasteiger partial charge in [-0.2, -0.15) is 0 Å². The number of hydrogen-bond donors (Lipinski definition) is 3. The summed E-state index contributed by atoms with van der Waals surface area (Å²) in [6, 6.07) is 0. The van der Waals surface area contributed by atoms with E-state index in [9.17, 15) is 14.7 Å². The summed E-state index contributed by atoms with van der Waals surface area (Å²) >= 11 is 0. The Labute approximate surface area is 95.2 Å². The Kier molecular flexibility index (Phi) is 5.74. The van der Waals surface area contributed by atoms with Gasteiger partial charge >= 0.3 is 5.97 Å². The second kappa shape index (κ2) is 6.27. The van der Waals surface area contributed by atoms with Gasteiger partial charge in [0.15, 0.2) is 0 Å². The first kappa shape index (κ1) is 14.6. The van der Waals surface area contributed by atoms with Crippen molar-refractivity contribution >= 4 is 11.9 Å². The van der Waals surface area contributed by atoms with Crippen molar-refractivity contribution in [3.8, 4) is 0 Å². The van der Waals surface area contributed by atoms with Gasteiger partial charge in [-0.05, 0) is 20.3 Å². The zero-order chi connectivity index (χ0) is 12.8. The normalized spacial score (nSPS) is 15.4. The number of amides is 1. The Hall–Kier alpha value is -1.36. The van der Waals surface area contributed by atoms with Crippen LogP contribution < -0.4 is 5.32 Å². The van der Waals surface area contributed by atoms with Crippen LogP contribution in [0, 0.1) is 0 Å². The number of carboxylic acids is 1. The zero-order valence-corrected chi connectivity index (χ0v) is 9.91. The maximum absolute atomic E-state index is 11.4. The van der Waals surface area contributed by atoms with Gasteiger partial charge in [0.05, 0.1) is 12.0 Å². The predicted octanol–water partition coefficient (Wildman–Crippen LogP) is 0.685. The molecule has 1 unspecified atom stereocenters. The van der Waals surface area contributed by atoms with Gasteiger partial charge in [0, 0.05) is 12.1 Å². The average molecular weight is 229 g/mol. The van der Waals surface area contributed by atoms with Gasteiger partial charge in [-0.15, -0.1) is 0 Å². The Morgan fingerprint density at radius 1 is 1.44 bits per heavy atom. The fourth-order valence-electron chi connectivity index (χ4n) is 1.20. The number of carboxylic acid groups (broad SMARTS) is 1. The maximum Gasteiger partial charge on any atom is 0.306 e. The summed E-state index contributed by atoms with van der Waals surface area (Å²) in [4.78, 5) is 21.8. The first-order valence-electron chi connectivity index (χ1n) is 5.17. The van der Waals surface area contributed by atoms with Crippen molar-refractivity contribution in [2.45, 2.75) is 39.2 Å². The molecule has 0 heterocycles. The van der Waals surface area contributed by atoms with Crippen LogP contribution in [0.3, 0.4) is 0 Å². The molecule has 0 fully saturated rings. The summed E-state index contributed by atoms with van der Waals surface area (Å²) in [5, 5.41) is 20.6. The SMILES string of the molecule is CCC=C(C)C(=O)NCC(C)(O)CC(=O)O. The maximum atomic E-state index is 11.4. The molecule has 0 rings (SSSR count). The lowest BCUT2D eigenvalue weighted by Gasteiger charge is -2.21. The molecular formula is C11H19NO4. The summed E-state index contributed by atoms with van der Waals surface area (Å²) < 4.78 is 0. The van der Waals surface area contributed by atoms with Gasteiger partial charge < -0.3 is 15.5 Å². The van der Waals surface area contributed by atoms with Crippen LogP contribution in [-0.2, 0) is 9.59 Å². The number of aliphatic carboxylic acids is 1. The van der Waals surface area contributed by atoms with Crippen molar-refractivity contribution in [3.63, 3.8) is 0 Å². The standard InChI is InChI=1S/C11H19NO4/c1-4-5-8(2)10(15)12-7-11(3,16)6-9(13)14/h5,16H,4,6-7H2,1-3H3,(H,12,15)(H,13,14). The minimum absolute atomic E-state index is 0.0764. The minimum Gasteiger partial charge on any atom is -0.481 e. The molecule has 0 aliphatic carbocycles. The molecule has 5 nitrogen and oxygen atoms in total. The molecule has 16 heavy (non-hydrogen) atoms. The molecular weight excluding hydrogens is 210 g/mol. The molecule has 0 aromatic carbocycles. The largest absolute Gasteiger partial charge is 0.481 e. The predicted molar refractivity (Wildman–Crippen MR) is 59.9 cm³/mol. The fourth-order valence-corrected chi connectivity index (χ4v) is 1.20. The van der Waals surface area contributed by atoms with E-state index in [2.05, 4.69) is 5.32 Å². The molecule has 3 N–H and O–H groups in total. The molecule has 92 valence electrons. The van der Waals surface area contributed by atoms with Crippen LogP contribution in [0.1, 0.15) is 33.6 Å². The van der Waals surface area contributed by atoms with Gasteiger partial charge in [0.2, 0.25) is 5.91 Å². The highest BCUT2D eigenvalue weighted by atomic mass is 16.4. The van der Waals surface area contributed by atoms with Crippen molar-refractivity contribution in [1.82, 2.24) is 5.32 Å². The lowest BCUT2D eigenvalue weighted by molar-refractivity contribution is -0.142. The second-order valence-electron chi connectivity index (χ2n) is 4.05. The van der Waals surface area contributed by atoms with Gasteiger partial charge in [0.25, 0.3) is 0 Å². The van der Waals surface area contributed by atoms with Crippen molar-refractivity contribution in [2.75, 3.05) is 6.54 Å². The van der Waals surface area contributed by atoms with Crippen LogP contribution in [0.2, 0.25) is 0 Å². The third-order valence-corrected chi connectivity index (χ3v) is 2.03. The molecule has 0 radical (unpaired) electrons. The van der Waals surface area contributed by atoms with E-state index in [0.29, 0.717) is 5.57 Å². The van der Waals surface area contributed by atoms with Gasteiger partial charge in [-0.3, -0.25) is 9.59 Å². The summed E-state index contributed by atoms with van der Waals surface area (Å²) in [5.41, 5.74) is -0.859. The number of nitrogens with one attached hydrogen (secondary N) is 1. The Morgan fingerprint density at radius 3 is 2.44 bits per heavy atom. The Morgan fingerprint density at radius 2 is 2.00 bits per heavy atom. The topological polar surface area (TPSA) is 86.6 Å². The highest BCUT2D eigenvalue weighted by Gasteiger charge is 2.24. The number of hydrogen-bond acceptors (Lipinski definition) is 3. The molecule has 0 aliphatic heterocycles. The Balaban J connectivity index is 4.19. The molecule has 0 aromatic rings. The monoisotopic (exact) mass is 229 g/mol. The number of allylic oxidation sites excluding steroid dienone is 1. The van der Waals surface area contributed by atoms with E-state index in [-0.39, 0.29) is 12.5 Å². The van der Waals surface area contributed by atoms with E-state index in [1.165, 1.54) is 6.92 Å². The Bertz CT molecular complexity index is 294. The van der Waals surface area contributed by atoms with E-state index in [1.54, 1.807) is 13.0 Å². The number of rotatable bonds is 6. The van der Waals surface area contributed by atoms with Crippen molar-refractivity contribution in [2.24, 2.45) is 0 Å². The molecule has 0 saturated heterocycles. The summed E-state index contributed by atoms with van der Waals surface area (Å²) in [7, 11) is 0. The molecule has 1 amide bonds. The van der Waals surface area contributed by atoms with Crippen molar-refractivity contribution in [1.29, 1.82) is 0 Å². The van der Waals surface area contributed by atoms with E-state index in [1.807, 2.05) is 6.92 Å². The second-order valence-corrected chi connectivity index (χ2v) is 4.05. The first-order chi connectivity index (χ1) is 7.28. The first-order valence-corrected chi connectivity index (χ1v) is 5.17. The molecule has 0 spiro atoms. The number of carbonyl (C=O) groups is 2. The third-order valence-electron chi connectivity index (χ3n) is 2.03. The summed E-state index contributed by atoms with van der Waals surface area (Å²) in [5.74, 6) is -1.38. The zero-order valence-electron chi connectivity index (χ0n) is 9.91. The van der Waals surface area contributed by atoms with Crippen molar-refractivity contribution in [3.05, 3.63) is 11.6 Å². The molecule has 1 atom stereocenters. The lowest BCUT2D eigenvalue weighted by Crippen LogP contribution is -2.42. The van der Waals surface area contributed by atoms with Crippen LogP contribution in [-0.4, -0.2) is 34.2 Å². The lowest BCUT2D eigenvalue weighted by atomic mass is 10.0. The van der Waals surface area contributed by atoms with Gasteiger partial charge in [0.1, 0.15) is 0 Å². The van der Waals surface area contributed by atoms with Crippen LogP contribution in [0.5, 0.6) is 0 Å². The fraction of sp³-hybridized carbons (Fsp3) is 0.636. The van der Waals surface area contributed by atoms with E-state index >= 15 is 0 Å². The molecule has 0 saturated carbocycles. The molecule has 0 bridgehead atoms. The van der Waals surface area contributed by atoms with Crippen LogP contribution in [0.25, 0.3) is 0 Å². The molecule has 0 aromatic heterocycles.